The van der Waals surface area contributed by atoms with Crippen LogP contribution in [-0.2, 0) is 23.8 Å². The first-order valence-corrected chi connectivity index (χ1v) is 16.1. The number of ether oxygens (including phenoxy) is 3. The second kappa shape index (κ2) is 14.3. The first-order chi connectivity index (χ1) is 20.8. The van der Waals surface area contributed by atoms with Crippen LogP contribution in [0, 0.1) is 5.92 Å². The summed E-state index contributed by atoms with van der Waals surface area (Å²) >= 11 is 1.63. The number of nitrogens with zero attached hydrogens (tertiary/aromatic N) is 4. The van der Waals surface area contributed by atoms with Crippen molar-refractivity contribution in [2.24, 2.45) is 5.92 Å². The highest BCUT2D eigenvalue weighted by Gasteiger charge is 2.53. The Labute approximate surface area is 257 Å². The lowest BCUT2D eigenvalue weighted by Crippen LogP contribution is -2.52. The maximum atomic E-state index is 13.8. The number of aromatic nitrogens is 1. The Balaban J connectivity index is 1.22. The summed E-state index contributed by atoms with van der Waals surface area (Å²) in [6.07, 6.45) is -0.367. The van der Waals surface area contributed by atoms with Crippen LogP contribution in [0.4, 0.5) is 5.13 Å². The average molecular weight is 614 g/mol. The number of likely N-dealkylation sites (tertiary alicyclic amines) is 1. The lowest BCUT2D eigenvalue weighted by atomic mass is 10.0. The van der Waals surface area contributed by atoms with Gasteiger partial charge in [-0.3, -0.25) is 19.3 Å². The molecule has 4 atom stereocenters. The molecule has 1 aromatic heterocycles. The summed E-state index contributed by atoms with van der Waals surface area (Å²) in [4.78, 5) is 50.8. The van der Waals surface area contributed by atoms with Gasteiger partial charge in [-0.2, -0.15) is 0 Å². The van der Waals surface area contributed by atoms with Crippen molar-refractivity contribution in [3.8, 4) is 11.3 Å². The van der Waals surface area contributed by atoms with Gasteiger partial charge in [0.1, 0.15) is 30.9 Å². The molecule has 0 bridgehead atoms. The number of hydrogen-bond donors (Lipinski definition) is 1. The Morgan fingerprint density at radius 1 is 1.16 bits per heavy atom. The molecule has 0 radical (unpaired) electrons. The molecule has 0 spiro atoms. The monoisotopic (exact) mass is 613 g/mol. The molecule has 3 fully saturated rings. The highest BCUT2D eigenvalue weighted by atomic mass is 32.1. The molecule has 3 aliphatic rings. The van der Waals surface area contributed by atoms with Gasteiger partial charge in [0.25, 0.3) is 5.91 Å². The molecule has 2 aromatic rings. The van der Waals surface area contributed by atoms with Crippen molar-refractivity contribution in [1.82, 2.24) is 20.1 Å². The molecule has 2 amide bonds. The van der Waals surface area contributed by atoms with E-state index < -0.39 is 18.2 Å². The van der Waals surface area contributed by atoms with E-state index in [1.54, 1.807) is 35.5 Å². The third kappa shape index (κ3) is 7.26. The Hall–Kier alpha value is -2.90. The minimum atomic E-state index is -0.766. The zero-order chi connectivity index (χ0) is 30.5. The number of Topliss-reactive ketones (excluding diaryl/α,β-unsaturated/α-hetero) is 1. The lowest BCUT2D eigenvalue weighted by molar-refractivity contribution is -0.138. The van der Waals surface area contributed by atoms with E-state index in [4.69, 9.17) is 19.2 Å². The number of methoxy groups -OCH3 is 1. The number of carbonyl (C=O) groups is 3. The van der Waals surface area contributed by atoms with E-state index in [1.165, 1.54) is 0 Å². The van der Waals surface area contributed by atoms with Gasteiger partial charge in [-0.05, 0) is 31.4 Å². The first-order valence-electron chi connectivity index (χ1n) is 15.2. The molecule has 4 heterocycles. The van der Waals surface area contributed by atoms with Gasteiger partial charge >= 0.3 is 0 Å². The maximum absolute atomic E-state index is 13.8. The SMILES string of the molecule is CCO[C@H]1CN(C(=O)[C@H](CC(C)C)NC(=O)c2ccc(-c3csc(N4CCN(CCOC)CC4)n3)cc2)[C@@H]2C(=O)CO[C@@H]12. The summed E-state index contributed by atoms with van der Waals surface area (Å²) in [7, 11) is 1.73. The van der Waals surface area contributed by atoms with Gasteiger partial charge in [0.2, 0.25) is 5.91 Å². The van der Waals surface area contributed by atoms with Crippen molar-refractivity contribution in [3.05, 3.63) is 35.2 Å². The first kappa shape index (κ1) is 31.5. The predicted octanol–water partition coefficient (Wildman–Crippen LogP) is 2.31. The van der Waals surface area contributed by atoms with E-state index in [9.17, 15) is 14.4 Å². The van der Waals surface area contributed by atoms with Crippen molar-refractivity contribution in [2.45, 2.75) is 51.5 Å². The molecule has 0 aliphatic carbocycles. The van der Waals surface area contributed by atoms with E-state index in [0.29, 0.717) is 18.6 Å². The highest BCUT2D eigenvalue weighted by molar-refractivity contribution is 7.14. The van der Waals surface area contributed by atoms with Crippen molar-refractivity contribution in [1.29, 1.82) is 0 Å². The molecule has 1 N–H and O–H groups in total. The van der Waals surface area contributed by atoms with E-state index in [1.807, 2.05) is 38.3 Å². The Morgan fingerprint density at radius 3 is 2.58 bits per heavy atom. The Bertz CT molecular complexity index is 1260. The van der Waals surface area contributed by atoms with Crippen LogP contribution < -0.4 is 10.2 Å². The molecule has 12 heteroatoms. The summed E-state index contributed by atoms with van der Waals surface area (Å²) in [5, 5.41) is 6.00. The van der Waals surface area contributed by atoms with Crippen LogP contribution >= 0.6 is 11.3 Å². The minimum absolute atomic E-state index is 0.0256. The van der Waals surface area contributed by atoms with E-state index >= 15 is 0 Å². The zero-order valence-electron chi connectivity index (χ0n) is 25.5. The number of benzene rings is 1. The number of nitrogens with one attached hydrogen (secondary N) is 1. The molecule has 0 saturated carbocycles. The molecule has 3 saturated heterocycles. The van der Waals surface area contributed by atoms with Crippen molar-refractivity contribution in [3.63, 3.8) is 0 Å². The molecule has 43 heavy (non-hydrogen) atoms. The number of thiazole rings is 1. The number of fused-ring (bicyclic) bond motifs is 1. The molecule has 3 aliphatic heterocycles. The quantitative estimate of drug-likeness (QED) is 0.385. The normalized spacial score (nSPS) is 23.2. The van der Waals surface area contributed by atoms with Crippen LogP contribution in [0.3, 0.4) is 0 Å². The largest absolute Gasteiger partial charge is 0.383 e. The van der Waals surface area contributed by atoms with Crippen LogP contribution in [0.5, 0.6) is 0 Å². The topological polar surface area (TPSA) is 114 Å². The van der Waals surface area contributed by atoms with Crippen LogP contribution in [0.1, 0.15) is 37.6 Å². The molecule has 1 aromatic carbocycles. The van der Waals surface area contributed by atoms with Gasteiger partial charge < -0.3 is 29.3 Å². The lowest BCUT2D eigenvalue weighted by Gasteiger charge is -2.34. The van der Waals surface area contributed by atoms with Crippen molar-refractivity contribution in [2.75, 3.05) is 71.1 Å². The smallest absolute Gasteiger partial charge is 0.251 e. The second-order valence-corrected chi connectivity index (χ2v) is 12.6. The molecule has 5 rings (SSSR count). The van der Waals surface area contributed by atoms with Gasteiger partial charge in [-0.25, -0.2) is 4.98 Å². The van der Waals surface area contributed by atoms with Gasteiger partial charge in [0.05, 0.1) is 18.8 Å². The number of ketones is 1. The van der Waals surface area contributed by atoms with Gasteiger partial charge in [0, 0.05) is 62.9 Å². The Kier molecular flexibility index (Phi) is 10.5. The fourth-order valence-electron chi connectivity index (χ4n) is 6.05. The van der Waals surface area contributed by atoms with Crippen molar-refractivity contribution < 1.29 is 28.6 Å². The fourth-order valence-corrected chi connectivity index (χ4v) is 6.94. The van der Waals surface area contributed by atoms with Crippen molar-refractivity contribution >= 4 is 34.1 Å². The van der Waals surface area contributed by atoms with Crippen LogP contribution in [0.15, 0.2) is 29.6 Å². The second-order valence-electron chi connectivity index (χ2n) is 11.7. The number of anilines is 1. The molecular weight excluding hydrogens is 570 g/mol. The van der Waals surface area contributed by atoms with Crippen LogP contribution in [0.25, 0.3) is 11.3 Å². The summed E-state index contributed by atoms with van der Waals surface area (Å²) in [5.74, 6) is -0.577. The molecule has 234 valence electrons. The van der Waals surface area contributed by atoms with Gasteiger partial charge in [0.15, 0.2) is 10.9 Å². The van der Waals surface area contributed by atoms with E-state index in [2.05, 4.69) is 15.1 Å². The third-order valence-corrected chi connectivity index (χ3v) is 9.20. The summed E-state index contributed by atoms with van der Waals surface area (Å²) in [5.41, 5.74) is 2.26. The number of amides is 2. The average Bonchev–Trinajstić information content (AvgIpc) is 3.74. The number of hydrogen-bond acceptors (Lipinski definition) is 10. The standard InChI is InChI=1S/C31H43N5O6S/c1-5-41-26-17-36(27-25(37)18-42-28(26)27)30(39)23(16-20(2)3)32-29(38)22-8-6-21(7-9-22)24-19-43-31(33-24)35-12-10-34(11-13-35)14-15-40-4/h6-9,19-20,23,26-28H,5,10-18H2,1-4H3,(H,32,38)/t23-,26-,27+,28-/m0/s1. The number of carbonyl (C=O) groups excluding carboxylic acids is 3. The highest BCUT2D eigenvalue weighted by Crippen LogP contribution is 2.31. The fraction of sp³-hybridized carbons (Fsp3) is 0.613. The predicted molar refractivity (Wildman–Crippen MR) is 164 cm³/mol. The zero-order valence-corrected chi connectivity index (χ0v) is 26.3. The number of rotatable bonds is 12. The number of piperazine rings is 1. The Morgan fingerprint density at radius 2 is 1.91 bits per heavy atom. The minimum Gasteiger partial charge on any atom is -0.383 e. The summed E-state index contributed by atoms with van der Waals surface area (Å²) < 4.78 is 16.7. The van der Waals surface area contributed by atoms with E-state index in [-0.39, 0.29) is 42.8 Å². The van der Waals surface area contributed by atoms with Crippen LogP contribution in [0.2, 0.25) is 0 Å². The molecule has 11 nitrogen and oxygen atoms in total. The molecular formula is C31H43N5O6S. The van der Waals surface area contributed by atoms with E-state index in [0.717, 1.165) is 55.7 Å². The third-order valence-electron chi connectivity index (χ3n) is 8.30. The van der Waals surface area contributed by atoms with Crippen LogP contribution in [-0.4, -0.2) is 123 Å². The summed E-state index contributed by atoms with van der Waals surface area (Å²) in [6.45, 7) is 12.1. The molecule has 0 unspecified atom stereocenters. The summed E-state index contributed by atoms with van der Waals surface area (Å²) in [6, 6.07) is 5.88. The van der Waals surface area contributed by atoms with Gasteiger partial charge in [-0.1, -0.05) is 26.0 Å². The maximum Gasteiger partial charge on any atom is 0.251 e. The van der Waals surface area contributed by atoms with Gasteiger partial charge in [-0.15, -0.1) is 11.3 Å².